The Morgan fingerprint density at radius 2 is 1.61 bits per heavy atom. The summed E-state index contributed by atoms with van der Waals surface area (Å²) < 4.78 is 16.7. The lowest BCUT2D eigenvalue weighted by Gasteiger charge is -2.40. The van der Waals surface area contributed by atoms with Gasteiger partial charge in [0, 0.05) is 23.2 Å². The van der Waals surface area contributed by atoms with Crippen LogP contribution in [0.2, 0.25) is 0 Å². The van der Waals surface area contributed by atoms with Gasteiger partial charge in [-0.05, 0) is 51.9 Å². The van der Waals surface area contributed by atoms with Crippen molar-refractivity contribution < 1.29 is 19.0 Å². The zero-order valence-corrected chi connectivity index (χ0v) is 19.7. The first-order chi connectivity index (χ1) is 15.9. The van der Waals surface area contributed by atoms with E-state index in [9.17, 15) is 4.79 Å². The zero-order chi connectivity index (χ0) is 23.3. The quantitative estimate of drug-likeness (QED) is 0.522. The minimum Gasteiger partial charge on any atom is -0.493 e. The number of hydrogen-bond donors (Lipinski definition) is 1. The lowest BCUT2D eigenvalue weighted by atomic mass is 9.68. The number of nitrogens with one attached hydrogen (secondary N) is 1. The van der Waals surface area contributed by atoms with Gasteiger partial charge in [-0.3, -0.25) is 4.79 Å². The Hall–Kier alpha value is -3.47. The lowest BCUT2D eigenvalue weighted by molar-refractivity contribution is -0.118. The van der Waals surface area contributed by atoms with Gasteiger partial charge in [0.1, 0.15) is 0 Å². The molecule has 0 radical (unpaired) electrons. The molecule has 0 saturated carbocycles. The molecule has 0 aromatic heterocycles. The number of ether oxygens (including phenoxy) is 3. The summed E-state index contributed by atoms with van der Waals surface area (Å²) in [6, 6.07) is 16.2. The Labute approximate surface area is 194 Å². The number of hydrogen-bond acceptors (Lipinski definition) is 5. The van der Waals surface area contributed by atoms with Gasteiger partial charge in [0.05, 0.1) is 27.4 Å². The molecule has 3 aromatic rings. The minimum absolute atomic E-state index is 0.0959. The number of carbonyl (C=O) groups excluding carboxylic acids is 1. The van der Waals surface area contributed by atoms with E-state index in [2.05, 4.69) is 55.6 Å². The van der Waals surface area contributed by atoms with Crippen LogP contribution in [0.5, 0.6) is 17.2 Å². The number of anilines is 1. The highest BCUT2D eigenvalue weighted by molar-refractivity contribution is 6.12. The van der Waals surface area contributed by atoms with Gasteiger partial charge in [-0.2, -0.15) is 0 Å². The van der Waals surface area contributed by atoms with Crippen LogP contribution in [0, 0.1) is 5.41 Å². The molecule has 1 atom stereocenters. The molecule has 1 aliphatic heterocycles. The van der Waals surface area contributed by atoms with Crippen LogP contribution in [-0.4, -0.2) is 27.1 Å². The fourth-order valence-corrected chi connectivity index (χ4v) is 5.36. The maximum absolute atomic E-state index is 13.6. The standard InChI is InChI=1S/C28H29NO4/c1-28(2)14-19-24-18-9-7-6-8-16(18)10-11-20(24)29-26(25(19)21(30)15-28)17-12-22(31-3)27(33-5)23(13-17)32-4/h6-13,26,29H,14-15H2,1-5H3/t26-/m1/s1. The van der Waals surface area contributed by atoms with Crippen molar-refractivity contribution in [2.75, 3.05) is 26.6 Å². The summed E-state index contributed by atoms with van der Waals surface area (Å²) in [6.45, 7) is 4.35. The fourth-order valence-electron chi connectivity index (χ4n) is 5.36. The van der Waals surface area contributed by atoms with E-state index in [4.69, 9.17) is 14.2 Å². The van der Waals surface area contributed by atoms with Crippen molar-refractivity contribution in [2.24, 2.45) is 5.41 Å². The fraction of sp³-hybridized carbons (Fsp3) is 0.321. The molecule has 1 heterocycles. The molecule has 3 aromatic carbocycles. The van der Waals surface area contributed by atoms with Crippen molar-refractivity contribution in [2.45, 2.75) is 32.7 Å². The molecular formula is C28H29NO4. The van der Waals surface area contributed by atoms with Crippen molar-refractivity contribution >= 4 is 27.8 Å². The third-order valence-corrected chi connectivity index (χ3v) is 6.76. The Bertz CT molecular complexity index is 1280. The van der Waals surface area contributed by atoms with Crippen LogP contribution in [0.4, 0.5) is 5.69 Å². The molecule has 1 N–H and O–H groups in total. The third kappa shape index (κ3) is 3.43. The van der Waals surface area contributed by atoms with Crippen LogP contribution in [0.3, 0.4) is 0 Å². The van der Waals surface area contributed by atoms with E-state index in [0.717, 1.165) is 34.4 Å². The van der Waals surface area contributed by atoms with Crippen LogP contribution in [0.25, 0.3) is 16.3 Å². The summed E-state index contributed by atoms with van der Waals surface area (Å²) >= 11 is 0. The Morgan fingerprint density at radius 3 is 2.27 bits per heavy atom. The van der Waals surface area contributed by atoms with Crippen LogP contribution in [-0.2, 0) is 4.79 Å². The maximum atomic E-state index is 13.6. The number of carbonyl (C=O) groups is 1. The van der Waals surface area contributed by atoms with Crippen LogP contribution in [0.1, 0.15) is 43.9 Å². The summed E-state index contributed by atoms with van der Waals surface area (Å²) in [5, 5.41) is 6.02. The second kappa shape index (κ2) is 7.84. The molecule has 170 valence electrons. The molecule has 33 heavy (non-hydrogen) atoms. The van der Waals surface area contributed by atoms with Gasteiger partial charge in [0.15, 0.2) is 17.3 Å². The average molecular weight is 444 g/mol. The number of fused-ring (bicyclic) bond motifs is 4. The summed E-state index contributed by atoms with van der Waals surface area (Å²) in [5.74, 6) is 1.87. The van der Waals surface area contributed by atoms with Gasteiger partial charge in [-0.1, -0.05) is 44.2 Å². The van der Waals surface area contributed by atoms with Crippen LogP contribution >= 0.6 is 0 Å². The monoisotopic (exact) mass is 443 g/mol. The van der Waals surface area contributed by atoms with Crippen molar-refractivity contribution in [1.82, 2.24) is 0 Å². The Balaban J connectivity index is 1.78. The van der Waals surface area contributed by atoms with Gasteiger partial charge < -0.3 is 19.5 Å². The lowest BCUT2D eigenvalue weighted by Crippen LogP contribution is -2.33. The topological polar surface area (TPSA) is 56.8 Å². The molecule has 0 bridgehead atoms. The SMILES string of the molecule is COc1cc([C@H]2Nc3ccc4ccccc4c3C3=C2C(=O)CC(C)(C)C3)cc(OC)c1OC. The van der Waals surface area contributed by atoms with Gasteiger partial charge in [0.25, 0.3) is 0 Å². The third-order valence-electron chi connectivity index (χ3n) is 6.76. The highest BCUT2D eigenvalue weighted by Gasteiger charge is 2.41. The smallest absolute Gasteiger partial charge is 0.203 e. The van der Waals surface area contributed by atoms with Gasteiger partial charge >= 0.3 is 0 Å². The molecule has 0 saturated heterocycles. The number of methoxy groups -OCH3 is 3. The molecule has 0 fully saturated rings. The zero-order valence-electron chi connectivity index (χ0n) is 19.7. The van der Waals surface area contributed by atoms with E-state index >= 15 is 0 Å². The van der Waals surface area contributed by atoms with Crippen molar-refractivity contribution in [3.8, 4) is 17.2 Å². The average Bonchev–Trinajstić information content (AvgIpc) is 2.81. The Morgan fingerprint density at radius 1 is 0.909 bits per heavy atom. The van der Waals surface area contributed by atoms with E-state index in [1.54, 1.807) is 21.3 Å². The molecular weight excluding hydrogens is 414 g/mol. The number of ketones is 1. The van der Waals surface area contributed by atoms with Gasteiger partial charge in [-0.15, -0.1) is 0 Å². The molecule has 1 aliphatic carbocycles. The first-order valence-electron chi connectivity index (χ1n) is 11.2. The highest BCUT2D eigenvalue weighted by Crippen LogP contribution is 2.53. The second-order valence-electron chi connectivity index (χ2n) is 9.58. The molecule has 0 spiro atoms. The molecule has 0 unspecified atom stereocenters. The van der Waals surface area contributed by atoms with Crippen molar-refractivity contribution in [3.63, 3.8) is 0 Å². The number of benzene rings is 3. The van der Waals surface area contributed by atoms with Crippen LogP contribution in [0.15, 0.2) is 54.1 Å². The van der Waals surface area contributed by atoms with Crippen molar-refractivity contribution in [1.29, 1.82) is 0 Å². The van der Waals surface area contributed by atoms with Crippen LogP contribution < -0.4 is 19.5 Å². The predicted octanol–water partition coefficient (Wildman–Crippen LogP) is 6.18. The van der Waals surface area contributed by atoms with Crippen molar-refractivity contribution in [3.05, 3.63) is 65.2 Å². The number of rotatable bonds is 4. The number of Topliss-reactive ketones (excluding diaryl/α,β-unsaturated/α-hetero) is 1. The first-order valence-corrected chi connectivity index (χ1v) is 11.2. The summed E-state index contributed by atoms with van der Waals surface area (Å²) in [7, 11) is 4.80. The van der Waals surface area contributed by atoms with E-state index in [1.807, 2.05) is 12.1 Å². The molecule has 0 amide bonds. The highest BCUT2D eigenvalue weighted by atomic mass is 16.5. The predicted molar refractivity (Wildman–Crippen MR) is 131 cm³/mol. The summed E-state index contributed by atoms with van der Waals surface area (Å²) in [6.07, 6.45) is 1.37. The first kappa shape index (κ1) is 21.4. The number of allylic oxidation sites excluding steroid dienone is 1. The molecule has 2 aliphatic rings. The molecule has 5 nitrogen and oxygen atoms in total. The largest absolute Gasteiger partial charge is 0.493 e. The van der Waals surface area contributed by atoms with E-state index < -0.39 is 0 Å². The van der Waals surface area contributed by atoms with E-state index in [1.165, 1.54) is 10.8 Å². The van der Waals surface area contributed by atoms with Gasteiger partial charge in [0.2, 0.25) is 5.75 Å². The van der Waals surface area contributed by atoms with Gasteiger partial charge in [-0.25, -0.2) is 0 Å². The van der Waals surface area contributed by atoms with E-state index in [-0.39, 0.29) is 17.2 Å². The second-order valence-corrected chi connectivity index (χ2v) is 9.58. The maximum Gasteiger partial charge on any atom is 0.203 e. The minimum atomic E-state index is -0.300. The molecule has 5 heteroatoms. The normalized spacial score (nSPS) is 18.9. The summed E-state index contributed by atoms with van der Waals surface area (Å²) in [5.41, 5.74) is 4.97. The van der Waals surface area contributed by atoms with E-state index in [0.29, 0.717) is 23.7 Å². The molecule has 5 rings (SSSR count). The Kier molecular flexibility index (Phi) is 5.08. The summed E-state index contributed by atoms with van der Waals surface area (Å²) in [4.78, 5) is 13.6.